The third-order valence-corrected chi connectivity index (χ3v) is 2.40. The molecule has 0 radical (unpaired) electrons. The first-order valence-electron chi connectivity index (χ1n) is 6.36. The van der Waals surface area contributed by atoms with Crippen molar-refractivity contribution in [3.05, 3.63) is 0 Å². The van der Waals surface area contributed by atoms with Gasteiger partial charge in [-0.1, -0.05) is 39.5 Å². The van der Waals surface area contributed by atoms with Crippen LogP contribution in [0.5, 0.6) is 0 Å². The van der Waals surface area contributed by atoms with Crippen molar-refractivity contribution in [2.75, 3.05) is 6.61 Å². The highest BCUT2D eigenvalue weighted by atomic mass is 16.5. The largest absolute Gasteiger partial charge is 0.463 e. The number of aliphatic hydroxyl groups excluding tert-OH is 1. The molecule has 0 aliphatic rings. The number of unbranched alkanes of at least 4 members (excludes halogenated alkanes) is 3. The summed E-state index contributed by atoms with van der Waals surface area (Å²) in [6.07, 6.45) is 5.63. The highest BCUT2D eigenvalue weighted by Gasteiger charge is 2.04. The van der Waals surface area contributed by atoms with Crippen LogP contribution in [-0.2, 0) is 9.53 Å². The van der Waals surface area contributed by atoms with Crippen molar-refractivity contribution in [3.8, 4) is 0 Å². The quantitative estimate of drug-likeness (QED) is 0.489. The molecule has 0 aromatic heterocycles. The summed E-state index contributed by atoms with van der Waals surface area (Å²) in [4.78, 5) is 11.2. The van der Waals surface area contributed by atoms with E-state index in [1.54, 1.807) is 6.92 Å². The van der Waals surface area contributed by atoms with Crippen molar-refractivity contribution in [1.82, 2.24) is 0 Å². The minimum atomic E-state index is -0.560. The first-order chi connectivity index (χ1) is 7.52. The minimum Gasteiger partial charge on any atom is -0.463 e. The lowest BCUT2D eigenvalue weighted by Gasteiger charge is -2.06. The van der Waals surface area contributed by atoms with Gasteiger partial charge in [0, 0.05) is 6.42 Å². The van der Waals surface area contributed by atoms with E-state index >= 15 is 0 Å². The molecular formula is C13H26O3. The average molecular weight is 230 g/mol. The van der Waals surface area contributed by atoms with E-state index in [1.807, 2.05) is 0 Å². The fourth-order valence-electron chi connectivity index (χ4n) is 1.46. The second-order valence-corrected chi connectivity index (χ2v) is 4.88. The molecule has 16 heavy (non-hydrogen) atoms. The van der Waals surface area contributed by atoms with Crippen LogP contribution in [0.1, 0.15) is 59.3 Å². The Balaban J connectivity index is 3.21. The second-order valence-electron chi connectivity index (χ2n) is 4.88. The van der Waals surface area contributed by atoms with E-state index in [2.05, 4.69) is 13.8 Å². The van der Waals surface area contributed by atoms with Crippen LogP contribution < -0.4 is 0 Å². The van der Waals surface area contributed by atoms with Crippen molar-refractivity contribution in [2.24, 2.45) is 5.92 Å². The van der Waals surface area contributed by atoms with Crippen molar-refractivity contribution in [3.63, 3.8) is 0 Å². The molecule has 1 atom stereocenters. The summed E-state index contributed by atoms with van der Waals surface area (Å²) in [5.41, 5.74) is 0. The summed E-state index contributed by atoms with van der Waals surface area (Å²) < 4.78 is 4.86. The van der Waals surface area contributed by atoms with Crippen LogP contribution in [0.3, 0.4) is 0 Å². The molecule has 0 aromatic rings. The Kier molecular flexibility index (Phi) is 9.30. The summed E-state index contributed by atoms with van der Waals surface area (Å²) in [5, 5.41) is 8.92. The summed E-state index contributed by atoms with van der Waals surface area (Å²) >= 11 is 0. The third-order valence-electron chi connectivity index (χ3n) is 2.40. The normalized spacial score (nSPS) is 12.8. The van der Waals surface area contributed by atoms with E-state index in [-0.39, 0.29) is 12.6 Å². The highest BCUT2D eigenvalue weighted by Crippen LogP contribution is 2.10. The number of carbonyl (C=O) groups is 1. The third kappa shape index (κ3) is 11.5. The average Bonchev–Trinajstić information content (AvgIpc) is 2.19. The molecule has 1 unspecified atom stereocenters. The van der Waals surface area contributed by atoms with Gasteiger partial charge in [-0.2, -0.15) is 0 Å². The number of hydrogen-bond donors (Lipinski definition) is 1. The Labute approximate surface area is 99.2 Å². The van der Waals surface area contributed by atoms with Gasteiger partial charge >= 0.3 is 5.97 Å². The summed E-state index contributed by atoms with van der Waals surface area (Å²) in [6, 6.07) is 0. The van der Waals surface area contributed by atoms with Gasteiger partial charge < -0.3 is 9.84 Å². The first-order valence-corrected chi connectivity index (χ1v) is 6.36. The zero-order valence-corrected chi connectivity index (χ0v) is 10.9. The van der Waals surface area contributed by atoms with E-state index in [1.165, 1.54) is 19.3 Å². The molecule has 0 amide bonds. The van der Waals surface area contributed by atoms with Gasteiger partial charge in [0.15, 0.2) is 0 Å². The maximum absolute atomic E-state index is 11.2. The Morgan fingerprint density at radius 3 is 2.31 bits per heavy atom. The van der Waals surface area contributed by atoms with Gasteiger partial charge in [-0.05, 0) is 19.3 Å². The lowest BCUT2D eigenvalue weighted by Crippen LogP contribution is -2.14. The van der Waals surface area contributed by atoms with E-state index < -0.39 is 6.10 Å². The van der Waals surface area contributed by atoms with E-state index in [0.717, 1.165) is 18.8 Å². The van der Waals surface area contributed by atoms with Gasteiger partial charge in [0.1, 0.15) is 6.61 Å². The smallest absolute Gasteiger partial charge is 0.305 e. The number of ether oxygens (including phenoxy) is 1. The van der Waals surface area contributed by atoms with E-state index in [0.29, 0.717) is 6.42 Å². The fraction of sp³-hybridized carbons (Fsp3) is 0.923. The highest BCUT2D eigenvalue weighted by molar-refractivity contribution is 5.69. The molecule has 0 heterocycles. The molecule has 0 rings (SSSR count). The fourth-order valence-corrected chi connectivity index (χ4v) is 1.46. The minimum absolute atomic E-state index is 0.117. The predicted molar refractivity (Wildman–Crippen MR) is 65.2 cm³/mol. The Hall–Kier alpha value is -0.570. The summed E-state index contributed by atoms with van der Waals surface area (Å²) in [7, 11) is 0. The number of rotatable bonds is 9. The van der Waals surface area contributed by atoms with Crippen LogP contribution in [0.2, 0.25) is 0 Å². The molecular weight excluding hydrogens is 204 g/mol. The molecule has 0 saturated heterocycles. The molecule has 3 nitrogen and oxygen atoms in total. The van der Waals surface area contributed by atoms with Gasteiger partial charge in [-0.15, -0.1) is 0 Å². The lowest BCUT2D eigenvalue weighted by molar-refractivity contribution is -0.146. The molecule has 0 fully saturated rings. The Morgan fingerprint density at radius 1 is 1.12 bits per heavy atom. The second kappa shape index (κ2) is 9.64. The molecule has 0 aliphatic heterocycles. The van der Waals surface area contributed by atoms with Crippen LogP contribution in [0, 0.1) is 5.92 Å². The summed E-state index contributed by atoms with van der Waals surface area (Å²) in [5.74, 6) is 0.584. The van der Waals surface area contributed by atoms with Crippen LogP contribution in [0.25, 0.3) is 0 Å². The van der Waals surface area contributed by atoms with Crippen LogP contribution in [0.4, 0.5) is 0 Å². The molecule has 1 N–H and O–H groups in total. The van der Waals surface area contributed by atoms with Gasteiger partial charge in [0.2, 0.25) is 0 Å². The topological polar surface area (TPSA) is 46.5 Å². The maximum atomic E-state index is 11.2. The van der Waals surface area contributed by atoms with Gasteiger partial charge in [0.05, 0.1) is 6.10 Å². The molecule has 0 aromatic carbocycles. The zero-order chi connectivity index (χ0) is 12.4. The van der Waals surface area contributed by atoms with E-state index in [4.69, 9.17) is 9.84 Å². The molecule has 0 spiro atoms. The number of hydrogen-bond acceptors (Lipinski definition) is 3. The zero-order valence-electron chi connectivity index (χ0n) is 10.9. The molecule has 0 aliphatic carbocycles. The van der Waals surface area contributed by atoms with Gasteiger partial charge in [-0.3, -0.25) is 4.79 Å². The van der Waals surface area contributed by atoms with Crippen LogP contribution in [0.15, 0.2) is 0 Å². The maximum Gasteiger partial charge on any atom is 0.305 e. The standard InChI is InChI=1S/C13H26O3/c1-11(2)8-6-4-5-7-9-13(15)16-10-12(3)14/h11-12,14H,4-10H2,1-3H3. The van der Waals surface area contributed by atoms with E-state index in [9.17, 15) is 4.79 Å². The van der Waals surface area contributed by atoms with Gasteiger partial charge in [0.25, 0.3) is 0 Å². The van der Waals surface area contributed by atoms with Crippen molar-refractivity contribution < 1.29 is 14.6 Å². The van der Waals surface area contributed by atoms with Crippen LogP contribution >= 0.6 is 0 Å². The summed E-state index contributed by atoms with van der Waals surface area (Å²) in [6.45, 7) is 6.19. The van der Waals surface area contributed by atoms with Gasteiger partial charge in [-0.25, -0.2) is 0 Å². The number of esters is 1. The SMILES string of the molecule is CC(C)CCCCCCC(=O)OCC(C)O. The molecule has 0 saturated carbocycles. The Bertz CT molecular complexity index is 176. The number of aliphatic hydroxyl groups is 1. The van der Waals surface area contributed by atoms with Crippen LogP contribution in [-0.4, -0.2) is 23.8 Å². The van der Waals surface area contributed by atoms with Crippen molar-refractivity contribution in [2.45, 2.75) is 65.4 Å². The number of carbonyl (C=O) groups excluding carboxylic acids is 1. The Morgan fingerprint density at radius 2 is 1.75 bits per heavy atom. The first kappa shape index (κ1) is 15.4. The predicted octanol–water partition coefficient (Wildman–Crippen LogP) is 2.91. The molecule has 0 bridgehead atoms. The van der Waals surface area contributed by atoms with Crippen molar-refractivity contribution in [1.29, 1.82) is 0 Å². The lowest BCUT2D eigenvalue weighted by atomic mass is 10.0. The monoisotopic (exact) mass is 230 g/mol. The molecule has 96 valence electrons. The molecule has 3 heteroatoms. The van der Waals surface area contributed by atoms with Crippen molar-refractivity contribution >= 4 is 5.97 Å².